The maximum Gasteiger partial charge on any atom is 0.103 e. The van der Waals surface area contributed by atoms with Crippen molar-refractivity contribution in [2.24, 2.45) is 0 Å². The highest BCUT2D eigenvalue weighted by Gasteiger charge is 2.21. The minimum Gasteiger partial charge on any atom is -0.300 e. The first-order valence-electron chi connectivity index (χ1n) is 5.94. The summed E-state index contributed by atoms with van der Waals surface area (Å²) in [5.41, 5.74) is -0.382. The van der Waals surface area contributed by atoms with Gasteiger partial charge in [-0.3, -0.25) is 10.00 Å². The summed E-state index contributed by atoms with van der Waals surface area (Å²) in [7, 11) is 0. The Kier molecular flexibility index (Phi) is 5.92. The third-order valence-electron chi connectivity index (χ3n) is 2.73. The van der Waals surface area contributed by atoms with Gasteiger partial charge in [-0.2, -0.15) is 10.4 Å². The lowest BCUT2D eigenvalue weighted by Crippen LogP contribution is -2.40. The van der Waals surface area contributed by atoms with Gasteiger partial charge in [0.2, 0.25) is 0 Å². The molecule has 0 fully saturated rings. The maximum absolute atomic E-state index is 9.11. The molecule has 0 aliphatic heterocycles. The Labute approximate surface area is 117 Å². The van der Waals surface area contributed by atoms with Crippen LogP contribution in [0.2, 0.25) is 0 Å². The first-order valence-corrected chi connectivity index (χ1v) is 7.02. The Morgan fingerprint density at radius 1 is 1.59 bits per heavy atom. The summed E-state index contributed by atoms with van der Waals surface area (Å²) in [5.74, 6) is 0. The van der Waals surface area contributed by atoms with E-state index in [2.05, 4.69) is 39.1 Å². The molecule has 0 aliphatic rings. The number of aryl methyl sites for hydroxylation is 1. The number of nitrogens with one attached hydrogen (secondary N) is 1. The molecule has 4 nitrogen and oxygen atoms in total. The van der Waals surface area contributed by atoms with E-state index < -0.39 is 0 Å². The van der Waals surface area contributed by atoms with Crippen LogP contribution in [-0.2, 0) is 6.54 Å². The molecule has 5 heteroatoms. The number of unbranched alkanes of at least 4 members (excludes halogenated alkanes) is 1. The van der Waals surface area contributed by atoms with Crippen molar-refractivity contribution in [1.29, 1.82) is 5.26 Å². The van der Waals surface area contributed by atoms with Gasteiger partial charge in [-0.15, -0.1) is 0 Å². The monoisotopic (exact) mass is 346 g/mol. The zero-order valence-electron chi connectivity index (χ0n) is 10.4. The zero-order valence-corrected chi connectivity index (χ0v) is 12.6. The van der Waals surface area contributed by atoms with E-state index >= 15 is 0 Å². The summed E-state index contributed by atoms with van der Waals surface area (Å²) in [4.78, 5) is 0. The van der Waals surface area contributed by atoms with Crippen LogP contribution in [0.3, 0.4) is 0 Å². The van der Waals surface area contributed by atoms with Crippen molar-refractivity contribution in [2.45, 2.75) is 45.2 Å². The highest BCUT2D eigenvalue weighted by atomic mass is 127. The molecule has 1 heterocycles. The van der Waals surface area contributed by atoms with Gasteiger partial charge in [0.1, 0.15) is 5.54 Å². The molecule has 0 bridgehead atoms. The summed E-state index contributed by atoms with van der Waals surface area (Å²) < 4.78 is 3.12. The second-order valence-corrected chi connectivity index (χ2v) is 5.60. The Balaban J connectivity index is 2.26. The van der Waals surface area contributed by atoms with Crippen LogP contribution in [-0.4, -0.2) is 21.9 Å². The first kappa shape index (κ1) is 14.5. The molecule has 1 unspecified atom stereocenters. The Morgan fingerprint density at radius 2 is 2.35 bits per heavy atom. The first-order chi connectivity index (χ1) is 8.09. The third-order valence-corrected chi connectivity index (χ3v) is 3.29. The third kappa shape index (κ3) is 5.04. The molecule has 1 aromatic rings. The van der Waals surface area contributed by atoms with Gasteiger partial charge in [-0.05, 0) is 55.3 Å². The van der Waals surface area contributed by atoms with Gasteiger partial charge in [0.15, 0.2) is 0 Å². The number of nitrogens with zero attached hydrogens (tertiary/aromatic N) is 3. The van der Waals surface area contributed by atoms with Crippen LogP contribution in [0.1, 0.15) is 33.1 Å². The van der Waals surface area contributed by atoms with E-state index in [4.69, 9.17) is 5.26 Å². The topological polar surface area (TPSA) is 53.6 Å². The van der Waals surface area contributed by atoms with Crippen LogP contribution in [0.25, 0.3) is 0 Å². The van der Waals surface area contributed by atoms with E-state index in [0.29, 0.717) is 0 Å². The van der Waals surface area contributed by atoms with Gasteiger partial charge in [0, 0.05) is 12.7 Å². The van der Waals surface area contributed by atoms with E-state index in [0.717, 1.165) is 35.9 Å². The molecular weight excluding hydrogens is 327 g/mol. The molecule has 0 saturated heterocycles. The van der Waals surface area contributed by atoms with Crippen LogP contribution in [0.5, 0.6) is 0 Å². The molecule has 17 heavy (non-hydrogen) atoms. The van der Waals surface area contributed by atoms with Gasteiger partial charge < -0.3 is 0 Å². The SMILES string of the molecule is CCNC(C)(C#N)CCCCn1cc(I)cn1. The molecule has 1 N–H and O–H groups in total. The molecule has 0 aromatic carbocycles. The number of rotatable bonds is 7. The van der Waals surface area contributed by atoms with Gasteiger partial charge in [0.25, 0.3) is 0 Å². The fraction of sp³-hybridized carbons (Fsp3) is 0.667. The van der Waals surface area contributed by atoms with Crippen LogP contribution < -0.4 is 5.32 Å². The molecule has 1 rings (SSSR count). The van der Waals surface area contributed by atoms with Crippen LogP contribution >= 0.6 is 22.6 Å². The lowest BCUT2D eigenvalue weighted by molar-refractivity contribution is 0.401. The molecular formula is C12H19IN4. The van der Waals surface area contributed by atoms with Crippen molar-refractivity contribution in [1.82, 2.24) is 15.1 Å². The van der Waals surface area contributed by atoms with Crippen molar-refractivity contribution in [3.8, 4) is 6.07 Å². The number of aromatic nitrogens is 2. The Bertz CT molecular complexity index is 382. The smallest absolute Gasteiger partial charge is 0.103 e. The highest BCUT2D eigenvalue weighted by molar-refractivity contribution is 14.1. The highest BCUT2D eigenvalue weighted by Crippen LogP contribution is 2.13. The van der Waals surface area contributed by atoms with Crippen molar-refractivity contribution >= 4 is 22.6 Å². The molecule has 0 saturated carbocycles. The van der Waals surface area contributed by atoms with Crippen LogP contribution in [0, 0.1) is 14.9 Å². The van der Waals surface area contributed by atoms with Crippen molar-refractivity contribution in [2.75, 3.05) is 6.54 Å². The van der Waals surface area contributed by atoms with Crippen LogP contribution in [0.4, 0.5) is 0 Å². The number of hydrogen-bond donors (Lipinski definition) is 1. The fourth-order valence-electron chi connectivity index (χ4n) is 1.79. The number of nitriles is 1. The fourth-order valence-corrected chi connectivity index (χ4v) is 2.23. The Morgan fingerprint density at radius 3 is 2.88 bits per heavy atom. The molecule has 0 aliphatic carbocycles. The quantitative estimate of drug-likeness (QED) is 0.610. The Hall–Kier alpha value is -0.610. The van der Waals surface area contributed by atoms with E-state index in [1.165, 1.54) is 0 Å². The molecule has 0 radical (unpaired) electrons. The average Bonchev–Trinajstić information content (AvgIpc) is 2.71. The molecule has 1 aromatic heterocycles. The minimum atomic E-state index is -0.382. The number of halogens is 1. The lowest BCUT2D eigenvalue weighted by Gasteiger charge is -2.22. The van der Waals surface area contributed by atoms with E-state index in [1.54, 1.807) is 0 Å². The van der Waals surface area contributed by atoms with Crippen molar-refractivity contribution in [3.05, 3.63) is 16.0 Å². The van der Waals surface area contributed by atoms with Gasteiger partial charge in [0.05, 0.1) is 15.8 Å². The zero-order chi connectivity index (χ0) is 12.7. The van der Waals surface area contributed by atoms with Gasteiger partial charge >= 0.3 is 0 Å². The van der Waals surface area contributed by atoms with Crippen molar-refractivity contribution in [3.63, 3.8) is 0 Å². The molecule has 94 valence electrons. The van der Waals surface area contributed by atoms with Gasteiger partial charge in [-0.1, -0.05) is 6.92 Å². The second kappa shape index (κ2) is 6.97. The standard InChI is InChI=1S/C12H19IN4/c1-3-15-12(2,10-14)6-4-5-7-17-9-11(13)8-16-17/h8-9,15H,3-7H2,1-2H3. The van der Waals surface area contributed by atoms with Crippen molar-refractivity contribution < 1.29 is 0 Å². The minimum absolute atomic E-state index is 0.382. The summed E-state index contributed by atoms with van der Waals surface area (Å²) in [6.07, 6.45) is 6.87. The predicted octanol–water partition coefficient (Wildman–Crippen LogP) is 2.55. The number of hydrogen-bond acceptors (Lipinski definition) is 3. The molecule has 0 amide bonds. The summed E-state index contributed by atoms with van der Waals surface area (Å²) in [5, 5.41) is 16.6. The molecule has 0 spiro atoms. The van der Waals surface area contributed by atoms with E-state index in [9.17, 15) is 0 Å². The maximum atomic E-state index is 9.11. The second-order valence-electron chi connectivity index (χ2n) is 4.35. The normalized spacial score (nSPS) is 14.2. The average molecular weight is 346 g/mol. The van der Waals surface area contributed by atoms with E-state index in [-0.39, 0.29) is 5.54 Å². The van der Waals surface area contributed by atoms with Crippen LogP contribution in [0.15, 0.2) is 12.4 Å². The largest absolute Gasteiger partial charge is 0.300 e. The predicted molar refractivity (Wildman–Crippen MR) is 76.5 cm³/mol. The summed E-state index contributed by atoms with van der Waals surface area (Å²) in [6, 6.07) is 2.35. The van der Waals surface area contributed by atoms with Gasteiger partial charge in [-0.25, -0.2) is 0 Å². The lowest BCUT2D eigenvalue weighted by atomic mass is 9.96. The molecule has 1 atom stereocenters. The summed E-state index contributed by atoms with van der Waals surface area (Å²) >= 11 is 2.26. The van der Waals surface area contributed by atoms with E-state index in [1.807, 2.05) is 30.9 Å². The summed E-state index contributed by atoms with van der Waals surface area (Å²) in [6.45, 7) is 5.76.